The number of nitrogens with zero attached hydrogens (tertiary/aromatic N) is 4. The zero-order chi connectivity index (χ0) is 22.4. The maximum absolute atomic E-state index is 12.0. The predicted molar refractivity (Wildman–Crippen MR) is 119 cm³/mol. The summed E-state index contributed by atoms with van der Waals surface area (Å²) in [6.45, 7) is 8.46. The van der Waals surface area contributed by atoms with Gasteiger partial charge in [0.1, 0.15) is 12.1 Å². The van der Waals surface area contributed by atoms with Crippen molar-refractivity contribution in [1.29, 1.82) is 0 Å². The van der Waals surface area contributed by atoms with Crippen LogP contribution in [-0.2, 0) is 16.1 Å². The van der Waals surface area contributed by atoms with Crippen molar-refractivity contribution < 1.29 is 14.6 Å². The number of aliphatic hydroxyl groups is 1. The van der Waals surface area contributed by atoms with Crippen LogP contribution in [0.15, 0.2) is 6.33 Å². The third-order valence-electron chi connectivity index (χ3n) is 5.78. The maximum atomic E-state index is 12.0. The highest BCUT2D eigenvalue weighted by atomic mass is 16.5. The summed E-state index contributed by atoms with van der Waals surface area (Å²) in [6, 6.07) is 0.234. The van der Waals surface area contributed by atoms with E-state index in [1.165, 1.54) is 0 Å². The fraction of sp³-hybridized carbons (Fsp3) is 0.652. The van der Waals surface area contributed by atoms with Crippen LogP contribution in [0, 0.1) is 17.8 Å². The van der Waals surface area contributed by atoms with E-state index in [1.54, 1.807) is 17.8 Å². The highest BCUT2D eigenvalue weighted by molar-refractivity contribution is 5.84. The lowest BCUT2D eigenvalue weighted by molar-refractivity contribution is -0.143. The highest BCUT2D eigenvalue weighted by Crippen LogP contribution is 2.31. The molecule has 0 radical (unpaired) electrons. The number of aromatic nitrogens is 4. The van der Waals surface area contributed by atoms with Crippen molar-refractivity contribution in [2.75, 3.05) is 11.9 Å². The quantitative estimate of drug-likeness (QED) is 0.516. The fourth-order valence-electron chi connectivity index (χ4n) is 4.06. The summed E-state index contributed by atoms with van der Waals surface area (Å²) in [7, 11) is 0. The molecule has 0 spiro atoms. The van der Waals surface area contributed by atoms with Crippen molar-refractivity contribution in [2.45, 2.75) is 84.4 Å². The van der Waals surface area contributed by atoms with E-state index in [0.29, 0.717) is 48.2 Å². The zero-order valence-corrected chi connectivity index (χ0v) is 18.9. The van der Waals surface area contributed by atoms with E-state index in [1.807, 2.05) is 0 Å². The molecule has 2 aromatic rings. The molecule has 8 nitrogen and oxygen atoms in total. The first-order valence-corrected chi connectivity index (χ1v) is 11.3. The Kier molecular flexibility index (Phi) is 7.50. The SMILES string of the molecule is CCOC(=O)Cn1cnc2c(NC(CC)CC)nc(C#C[C@]3(O)CCC[C@@H](C)C3)nc21. The standard InChI is InChI=1S/C23H33N5O3/c1-5-17(6-2)25-21-20-22(28(15-24-20)14-19(29)31-7-3)27-18(26-21)10-12-23(30)11-8-9-16(4)13-23/h15-17,30H,5-9,11,13-14H2,1-4H3,(H,25,26,27)/t16-,23-/m1/s1. The molecule has 0 bridgehead atoms. The third kappa shape index (κ3) is 5.73. The van der Waals surface area contributed by atoms with Gasteiger partial charge in [0.15, 0.2) is 17.0 Å². The van der Waals surface area contributed by atoms with Crippen molar-refractivity contribution in [1.82, 2.24) is 19.5 Å². The largest absolute Gasteiger partial charge is 0.465 e. The second-order valence-corrected chi connectivity index (χ2v) is 8.39. The van der Waals surface area contributed by atoms with Gasteiger partial charge in [0.05, 0.1) is 12.9 Å². The molecule has 1 saturated carbocycles. The summed E-state index contributed by atoms with van der Waals surface area (Å²) >= 11 is 0. The number of anilines is 1. The number of carbonyl (C=O) groups is 1. The van der Waals surface area contributed by atoms with E-state index in [0.717, 1.165) is 25.7 Å². The molecule has 168 valence electrons. The average Bonchev–Trinajstić information content (AvgIpc) is 3.13. The number of hydrogen-bond acceptors (Lipinski definition) is 7. The molecule has 3 rings (SSSR count). The molecule has 0 saturated heterocycles. The van der Waals surface area contributed by atoms with Gasteiger partial charge in [0.2, 0.25) is 5.82 Å². The molecule has 2 aromatic heterocycles. The van der Waals surface area contributed by atoms with Gasteiger partial charge in [-0.3, -0.25) is 4.79 Å². The smallest absolute Gasteiger partial charge is 0.326 e. The number of carbonyl (C=O) groups excluding carboxylic acids is 1. The third-order valence-corrected chi connectivity index (χ3v) is 5.78. The minimum atomic E-state index is -1.01. The first-order valence-electron chi connectivity index (χ1n) is 11.3. The Morgan fingerprint density at radius 3 is 2.84 bits per heavy atom. The summed E-state index contributed by atoms with van der Waals surface area (Å²) in [4.78, 5) is 25.6. The van der Waals surface area contributed by atoms with Crippen LogP contribution >= 0.6 is 0 Å². The number of hydrogen-bond donors (Lipinski definition) is 2. The van der Waals surface area contributed by atoms with Crippen LogP contribution in [0.2, 0.25) is 0 Å². The molecule has 0 amide bonds. The number of esters is 1. The number of ether oxygens (including phenoxy) is 1. The number of fused-ring (bicyclic) bond motifs is 1. The highest BCUT2D eigenvalue weighted by Gasteiger charge is 2.30. The molecule has 31 heavy (non-hydrogen) atoms. The Morgan fingerprint density at radius 2 is 2.16 bits per heavy atom. The van der Waals surface area contributed by atoms with Crippen LogP contribution in [0.1, 0.15) is 72.0 Å². The lowest BCUT2D eigenvalue weighted by Crippen LogP contribution is -2.32. The van der Waals surface area contributed by atoms with E-state index < -0.39 is 5.60 Å². The van der Waals surface area contributed by atoms with E-state index >= 15 is 0 Å². The minimum absolute atomic E-state index is 0.0140. The van der Waals surface area contributed by atoms with Gasteiger partial charge < -0.3 is 19.7 Å². The Bertz CT molecular complexity index is 973. The van der Waals surface area contributed by atoms with Gasteiger partial charge in [-0.25, -0.2) is 15.0 Å². The molecular formula is C23H33N5O3. The van der Waals surface area contributed by atoms with Crippen molar-refractivity contribution >= 4 is 23.0 Å². The Balaban J connectivity index is 2.00. The second-order valence-electron chi connectivity index (χ2n) is 8.39. The predicted octanol–water partition coefficient (Wildman–Crippen LogP) is 3.28. The molecule has 1 aliphatic carbocycles. The van der Waals surface area contributed by atoms with E-state index in [9.17, 15) is 9.90 Å². The van der Waals surface area contributed by atoms with Crippen LogP contribution in [0.3, 0.4) is 0 Å². The first kappa shape index (κ1) is 23.0. The summed E-state index contributed by atoms with van der Waals surface area (Å²) in [6.07, 6.45) is 6.83. The summed E-state index contributed by atoms with van der Waals surface area (Å²) < 4.78 is 6.71. The van der Waals surface area contributed by atoms with Crippen LogP contribution in [0.25, 0.3) is 11.2 Å². The second kappa shape index (κ2) is 10.1. The van der Waals surface area contributed by atoms with Gasteiger partial charge in [-0.15, -0.1) is 0 Å². The van der Waals surface area contributed by atoms with Gasteiger partial charge in [-0.1, -0.05) is 33.1 Å². The Labute approximate surface area is 183 Å². The van der Waals surface area contributed by atoms with Crippen LogP contribution in [0.4, 0.5) is 5.82 Å². The van der Waals surface area contributed by atoms with Crippen LogP contribution < -0.4 is 5.32 Å². The van der Waals surface area contributed by atoms with Crippen molar-refractivity contribution in [3.63, 3.8) is 0 Å². The molecule has 2 heterocycles. The topological polar surface area (TPSA) is 102 Å². The molecule has 8 heteroatoms. The summed E-state index contributed by atoms with van der Waals surface area (Å²) in [5, 5.41) is 14.3. The van der Waals surface area contributed by atoms with E-state index in [2.05, 4.69) is 52.9 Å². The summed E-state index contributed by atoms with van der Waals surface area (Å²) in [5.41, 5.74) is 0.0981. The molecule has 1 aliphatic rings. The zero-order valence-electron chi connectivity index (χ0n) is 18.9. The van der Waals surface area contributed by atoms with E-state index in [4.69, 9.17) is 4.74 Å². The van der Waals surface area contributed by atoms with Crippen molar-refractivity contribution in [2.24, 2.45) is 5.92 Å². The van der Waals surface area contributed by atoms with Gasteiger partial charge >= 0.3 is 5.97 Å². The van der Waals surface area contributed by atoms with Gasteiger partial charge in [-0.2, -0.15) is 0 Å². The van der Waals surface area contributed by atoms with E-state index in [-0.39, 0.29) is 18.6 Å². The summed E-state index contributed by atoms with van der Waals surface area (Å²) in [5.74, 6) is 7.00. The molecule has 2 atom stereocenters. The average molecular weight is 428 g/mol. The minimum Gasteiger partial charge on any atom is -0.465 e. The molecule has 0 aliphatic heterocycles. The molecule has 0 aromatic carbocycles. The number of imidazole rings is 1. The van der Waals surface area contributed by atoms with Crippen molar-refractivity contribution in [3.05, 3.63) is 12.2 Å². The van der Waals surface area contributed by atoms with Crippen LogP contribution in [-0.4, -0.2) is 48.8 Å². The van der Waals surface area contributed by atoms with Crippen LogP contribution in [0.5, 0.6) is 0 Å². The monoisotopic (exact) mass is 427 g/mol. The molecule has 2 N–H and O–H groups in total. The Morgan fingerprint density at radius 1 is 1.39 bits per heavy atom. The number of rotatable bonds is 7. The molecular weight excluding hydrogens is 394 g/mol. The fourth-order valence-corrected chi connectivity index (χ4v) is 4.06. The first-order chi connectivity index (χ1) is 14.9. The van der Waals surface area contributed by atoms with Gasteiger partial charge in [0.25, 0.3) is 0 Å². The Hall–Kier alpha value is -2.66. The molecule has 1 fully saturated rings. The lowest BCUT2D eigenvalue weighted by atomic mass is 9.79. The maximum Gasteiger partial charge on any atom is 0.326 e. The number of nitrogens with one attached hydrogen (secondary N) is 1. The van der Waals surface area contributed by atoms with Gasteiger partial charge in [-0.05, 0) is 50.9 Å². The lowest BCUT2D eigenvalue weighted by Gasteiger charge is -2.30. The normalized spacial score (nSPS) is 21.0. The van der Waals surface area contributed by atoms with Gasteiger partial charge in [0, 0.05) is 6.04 Å². The molecule has 0 unspecified atom stereocenters. The van der Waals surface area contributed by atoms with Crippen molar-refractivity contribution in [3.8, 4) is 11.8 Å².